The SMILES string of the molecule is OC(CNc1nc(C(F)(F)F)cs1)c1ccc(Cl)c(F)c1. The molecule has 9 heteroatoms. The number of hydrogen-bond donors (Lipinski definition) is 2. The molecule has 1 aromatic heterocycles. The number of thiazole rings is 1. The monoisotopic (exact) mass is 340 g/mol. The molecule has 2 rings (SSSR count). The smallest absolute Gasteiger partial charge is 0.387 e. The second-order valence-electron chi connectivity index (χ2n) is 4.11. The quantitative estimate of drug-likeness (QED) is 0.824. The molecule has 0 amide bonds. The standard InChI is InChI=1S/C12H9ClF4N2OS/c13-7-2-1-6(3-8(7)14)9(20)4-18-11-19-10(5-21-11)12(15,16)17/h1-3,5,9,20H,4H2,(H,18,19). The van der Waals surface area contributed by atoms with E-state index in [-0.39, 0.29) is 22.3 Å². The fraction of sp³-hybridized carbons (Fsp3) is 0.250. The van der Waals surface area contributed by atoms with Crippen molar-refractivity contribution in [1.82, 2.24) is 4.98 Å². The van der Waals surface area contributed by atoms with Gasteiger partial charge in [0.15, 0.2) is 10.8 Å². The van der Waals surface area contributed by atoms with Crippen molar-refractivity contribution in [2.75, 3.05) is 11.9 Å². The summed E-state index contributed by atoms with van der Waals surface area (Å²) in [6.07, 6.45) is -5.61. The lowest BCUT2D eigenvalue weighted by Gasteiger charge is -2.12. The average molecular weight is 341 g/mol. The van der Waals surface area contributed by atoms with Crippen LogP contribution in [0.4, 0.5) is 22.7 Å². The van der Waals surface area contributed by atoms with Crippen LogP contribution in [-0.2, 0) is 6.18 Å². The molecule has 3 nitrogen and oxygen atoms in total. The largest absolute Gasteiger partial charge is 0.434 e. The highest BCUT2D eigenvalue weighted by atomic mass is 35.5. The zero-order valence-corrected chi connectivity index (χ0v) is 11.9. The van der Waals surface area contributed by atoms with E-state index in [9.17, 15) is 22.7 Å². The lowest BCUT2D eigenvalue weighted by atomic mass is 10.1. The average Bonchev–Trinajstić information content (AvgIpc) is 2.88. The van der Waals surface area contributed by atoms with Gasteiger partial charge in [-0.2, -0.15) is 13.2 Å². The fourth-order valence-electron chi connectivity index (χ4n) is 1.51. The van der Waals surface area contributed by atoms with Gasteiger partial charge >= 0.3 is 6.18 Å². The van der Waals surface area contributed by atoms with Gasteiger partial charge in [-0.15, -0.1) is 11.3 Å². The summed E-state index contributed by atoms with van der Waals surface area (Å²) in [5.74, 6) is -0.679. The Balaban J connectivity index is 1.99. The van der Waals surface area contributed by atoms with E-state index < -0.39 is 23.8 Å². The van der Waals surface area contributed by atoms with Crippen molar-refractivity contribution >= 4 is 28.1 Å². The predicted octanol–water partition coefficient (Wildman–Crippen LogP) is 4.10. The fourth-order valence-corrected chi connectivity index (χ4v) is 2.35. The molecule has 2 aromatic rings. The number of nitrogens with zero attached hydrogens (tertiary/aromatic N) is 1. The molecule has 0 radical (unpaired) electrons. The Morgan fingerprint density at radius 3 is 2.67 bits per heavy atom. The van der Waals surface area contributed by atoms with Crippen LogP contribution in [0.3, 0.4) is 0 Å². The molecular formula is C12H9ClF4N2OS. The third kappa shape index (κ3) is 4.05. The number of alkyl halides is 3. The van der Waals surface area contributed by atoms with Crippen LogP contribution >= 0.6 is 22.9 Å². The maximum absolute atomic E-state index is 13.2. The van der Waals surface area contributed by atoms with E-state index in [1.54, 1.807) is 0 Å². The number of rotatable bonds is 4. The van der Waals surface area contributed by atoms with Crippen molar-refractivity contribution in [3.05, 3.63) is 45.7 Å². The summed E-state index contributed by atoms with van der Waals surface area (Å²) in [7, 11) is 0. The molecular weight excluding hydrogens is 332 g/mol. The van der Waals surface area contributed by atoms with E-state index in [2.05, 4.69) is 10.3 Å². The van der Waals surface area contributed by atoms with Crippen LogP contribution in [0.25, 0.3) is 0 Å². The highest BCUT2D eigenvalue weighted by Crippen LogP contribution is 2.31. The molecule has 1 aromatic carbocycles. The van der Waals surface area contributed by atoms with Gasteiger partial charge in [0.25, 0.3) is 0 Å². The molecule has 1 unspecified atom stereocenters. The number of anilines is 1. The molecule has 0 fully saturated rings. The Morgan fingerprint density at radius 1 is 1.38 bits per heavy atom. The molecule has 0 saturated carbocycles. The first-order chi connectivity index (χ1) is 9.77. The molecule has 1 atom stereocenters. The number of aromatic nitrogens is 1. The van der Waals surface area contributed by atoms with Crippen molar-refractivity contribution in [3.8, 4) is 0 Å². The molecule has 1 heterocycles. The first-order valence-corrected chi connectivity index (χ1v) is 6.92. The second kappa shape index (κ2) is 6.17. The van der Waals surface area contributed by atoms with Crippen molar-refractivity contribution in [1.29, 1.82) is 0 Å². The van der Waals surface area contributed by atoms with Gasteiger partial charge < -0.3 is 10.4 Å². The molecule has 0 saturated heterocycles. The van der Waals surface area contributed by atoms with Gasteiger partial charge in [0.1, 0.15) is 5.82 Å². The summed E-state index contributed by atoms with van der Waals surface area (Å²) in [4.78, 5) is 3.35. The van der Waals surface area contributed by atoms with Crippen LogP contribution in [0.15, 0.2) is 23.6 Å². The highest BCUT2D eigenvalue weighted by molar-refractivity contribution is 7.13. The minimum absolute atomic E-state index is 0.0239. The van der Waals surface area contributed by atoms with Crippen molar-refractivity contribution in [2.45, 2.75) is 12.3 Å². The summed E-state index contributed by atoms with van der Waals surface area (Å²) in [5.41, 5.74) is -0.737. The van der Waals surface area contributed by atoms with Crippen LogP contribution in [0, 0.1) is 5.82 Å². The van der Waals surface area contributed by atoms with E-state index in [0.29, 0.717) is 0 Å². The minimum Gasteiger partial charge on any atom is -0.387 e. The maximum atomic E-state index is 13.2. The molecule has 2 N–H and O–H groups in total. The summed E-state index contributed by atoms with van der Waals surface area (Å²) < 4.78 is 50.3. The summed E-state index contributed by atoms with van der Waals surface area (Å²) >= 11 is 6.29. The normalized spacial score (nSPS) is 13.2. The Morgan fingerprint density at radius 2 is 2.10 bits per heavy atom. The highest BCUT2D eigenvalue weighted by Gasteiger charge is 2.33. The van der Waals surface area contributed by atoms with E-state index >= 15 is 0 Å². The first kappa shape index (κ1) is 16.0. The van der Waals surface area contributed by atoms with Crippen LogP contribution in [0.5, 0.6) is 0 Å². The number of hydrogen-bond acceptors (Lipinski definition) is 4. The van der Waals surface area contributed by atoms with Gasteiger partial charge in [-0.25, -0.2) is 9.37 Å². The number of nitrogens with one attached hydrogen (secondary N) is 1. The van der Waals surface area contributed by atoms with Crippen molar-refractivity contribution in [2.24, 2.45) is 0 Å². The lowest BCUT2D eigenvalue weighted by molar-refractivity contribution is -0.140. The van der Waals surface area contributed by atoms with Crippen LogP contribution < -0.4 is 5.32 Å². The van der Waals surface area contributed by atoms with E-state index in [1.807, 2.05) is 0 Å². The summed E-state index contributed by atoms with van der Waals surface area (Å²) in [5, 5.41) is 13.2. The topological polar surface area (TPSA) is 45.1 Å². The Labute approximate surface area is 126 Å². The molecule has 0 bridgehead atoms. The van der Waals surface area contributed by atoms with Crippen LogP contribution in [0.2, 0.25) is 5.02 Å². The van der Waals surface area contributed by atoms with E-state index in [4.69, 9.17) is 11.6 Å². The first-order valence-electron chi connectivity index (χ1n) is 5.67. The Kier molecular flexibility index (Phi) is 4.70. The number of aliphatic hydroxyl groups is 1. The Hall–Kier alpha value is -1.38. The summed E-state index contributed by atoms with van der Waals surface area (Å²) in [6, 6.07) is 3.79. The zero-order valence-electron chi connectivity index (χ0n) is 10.3. The van der Waals surface area contributed by atoms with E-state index in [1.165, 1.54) is 12.1 Å². The van der Waals surface area contributed by atoms with Gasteiger partial charge in [-0.1, -0.05) is 17.7 Å². The van der Waals surface area contributed by atoms with Gasteiger partial charge in [-0.3, -0.25) is 0 Å². The van der Waals surface area contributed by atoms with Gasteiger partial charge in [0.2, 0.25) is 0 Å². The van der Waals surface area contributed by atoms with Gasteiger partial charge in [0.05, 0.1) is 11.1 Å². The lowest BCUT2D eigenvalue weighted by Crippen LogP contribution is -2.13. The molecule has 0 aliphatic heterocycles. The maximum Gasteiger partial charge on any atom is 0.434 e. The molecule has 0 aliphatic rings. The van der Waals surface area contributed by atoms with Crippen LogP contribution in [0.1, 0.15) is 17.4 Å². The zero-order chi connectivity index (χ0) is 15.6. The molecule has 0 spiro atoms. The van der Waals surface area contributed by atoms with Crippen molar-refractivity contribution < 1.29 is 22.7 Å². The number of benzene rings is 1. The van der Waals surface area contributed by atoms with Crippen molar-refractivity contribution in [3.63, 3.8) is 0 Å². The third-order valence-electron chi connectivity index (χ3n) is 2.57. The Bertz CT molecular complexity index is 632. The third-order valence-corrected chi connectivity index (χ3v) is 3.68. The predicted molar refractivity (Wildman–Crippen MR) is 72.0 cm³/mol. The minimum atomic E-state index is -4.51. The summed E-state index contributed by atoms with van der Waals surface area (Å²) in [6.45, 7) is -0.105. The number of halogens is 5. The molecule has 114 valence electrons. The number of aliphatic hydroxyl groups excluding tert-OH is 1. The van der Waals surface area contributed by atoms with Gasteiger partial charge in [-0.05, 0) is 17.7 Å². The van der Waals surface area contributed by atoms with Gasteiger partial charge in [0, 0.05) is 11.9 Å². The van der Waals surface area contributed by atoms with Crippen LogP contribution in [-0.4, -0.2) is 16.6 Å². The molecule has 0 aliphatic carbocycles. The second-order valence-corrected chi connectivity index (χ2v) is 5.37. The van der Waals surface area contributed by atoms with E-state index in [0.717, 1.165) is 22.8 Å². The molecule has 21 heavy (non-hydrogen) atoms.